The lowest BCUT2D eigenvalue weighted by Gasteiger charge is -2.36. The number of piperidine rings is 1. The molecule has 0 bridgehead atoms. The fraction of sp³-hybridized carbons (Fsp3) is 0.952. The summed E-state index contributed by atoms with van der Waals surface area (Å²) in [6.45, 7) is 19.2. The van der Waals surface area contributed by atoms with Crippen LogP contribution in [0.15, 0.2) is 4.99 Å². The molecule has 0 saturated carbocycles. The Labute approximate surface area is 190 Å². The number of halogens is 1. The highest BCUT2D eigenvalue weighted by atomic mass is 127. The highest BCUT2D eigenvalue weighted by Crippen LogP contribution is 2.15. The molecular weight excluding hydrogens is 465 g/mol. The minimum Gasteiger partial charge on any atom is -0.379 e. The summed E-state index contributed by atoms with van der Waals surface area (Å²) in [5.74, 6) is 1.67. The average molecular weight is 510 g/mol. The molecule has 1 atom stereocenters. The summed E-state index contributed by atoms with van der Waals surface area (Å²) in [6, 6.07) is 1.69. The highest BCUT2D eigenvalue weighted by molar-refractivity contribution is 14.0. The van der Waals surface area contributed by atoms with E-state index in [2.05, 4.69) is 55.1 Å². The quantitative estimate of drug-likeness (QED) is 0.300. The van der Waals surface area contributed by atoms with E-state index in [1.165, 1.54) is 32.4 Å². The van der Waals surface area contributed by atoms with Gasteiger partial charge in [-0.3, -0.25) is 9.89 Å². The molecule has 6 nitrogen and oxygen atoms in total. The zero-order valence-corrected chi connectivity index (χ0v) is 21.1. The number of rotatable bonds is 8. The number of nitrogens with zero attached hydrogens (tertiary/aromatic N) is 3. The van der Waals surface area contributed by atoms with Gasteiger partial charge < -0.3 is 20.3 Å². The van der Waals surface area contributed by atoms with E-state index in [9.17, 15) is 0 Å². The minimum absolute atomic E-state index is 0. The van der Waals surface area contributed by atoms with Gasteiger partial charge >= 0.3 is 0 Å². The largest absolute Gasteiger partial charge is 0.379 e. The Balaban J connectivity index is 0.00000392. The summed E-state index contributed by atoms with van der Waals surface area (Å²) in [6.07, 6.45) is 3.58. The molecule has 0 spiro atoms. The first-order valence-corrected chi connectivity index (χ1v) is 11.1. The van der Waals surface area contributed by atoms with Crippen LogP contribution in [0.25, 0.3) is 0 Å². The monoisotopic (exact) mass is 509 g/mol. The second kappa shape index (κ2) is 14.0. The van der Waals surface area contributed by atoms with Gasteiger partial charge in [-0.2, -0.15) is 0 Å². The lowest BCUT2D eigenvalue weighted by Crippen LogP contribution is -2.50. The number of likely N-dealkylation sites (tertiary alicyclic amines) is 1. The van der Waals surface area contributed by atoms with Crippen LogP contribution in [0.4, 0.5) is 0 Å². The molecule has 0 aromatic carbocycles. The van der Waals surface area contributed by atoms with Gasteiger partial charge in [0.15, 0.2) is 5.96 Å². The summed E-state index contributed by atoms with van der Waals surface area (Å²) in [4.78, 5) is 10.1. The van der Waals surface area contributed by atoms with Crippen molar-refractivity contribution in [3.05, 3.63) is 0 Å². The van der Waals surface area contributed by atoms with Crippen molar-refractivity contribution >= 4 is 29.9 Å². The van der Waals surface area contributed by atoms with Crippen LogP contribution in [0.2, 0.25) is 0 Å². The summed E-state index contributed by atoms with van der Waals surface area (Å²) in [7, 11) is 0. The Morgan fingerprint density at radius 1 is 1.04 bits per heavy atom. The molecular formula is C21H44IN5O. The summed E-state index contributed by atoms with van der Waals surface area (Å²) < 4.78 is 5.54. The fourth-order valence-electron chi connectivity index (χ4n) is 4.10. The number of hydrogen-bond acceptors (Lipinski definition) is 4. The summed E-state index contributed by atoms with van der Waals surface area (Å²) >= 11 is 0. The number of morpholine rings is 1. The van der Waals surface area contributed by atoms with Gasteiger partial charge in [0.1, 0.15) is 0 Å². The predicted molar refractivity (Wildman–Crippen MR) is 130 cm³/mol. The molecule has 2 N–H and O–H groups in total. The molecule has 0 amide bonds. The maximum atomic E-state index is 5.54. The number of ether oxygens (including phenoxy) is 1. The van der Waals surface area contributed by atoms with Crippen molar-refractivity contribution in [2.45, 2.75) is 72.0 Å². The lowest BCUT2D eigenvalue weighted by molar-refractivity contribution is 0.0143. The third-order valence-electron chi connectivity index (χ3n) is 5.71. The first-order chi connectivity index (χ1) is 13.0. The molecule has 0 radical (unpaired) electrons. The molecule has 28 heavy (non-hydrogen) atoms. The second-order valence-electron chi connectivity index (χ2n) is 8.70. The molecule has 166 valence electrons. The molecule has 0 aromatic heterocycles. The van der Waals surface area contributed by atoms with Crippen LogP contribution in [-0.2, 0) is 4.74 Å². The Kier molecular flexibility index (Phi) is 12.9. The van der Waals surface area contributed by atoms with Crippen LogP contribution >= 0.6 is 24.0 Å². The van der Waals surface area contributed by atoms with Gasteiger partial charge in [-0.1, -0.05) is 13.8 Å². The topological polar surface area (TPSA) is 52.1 Å². The fourth-order valence-corrected chi connectivity index (χ4v) is 4.10. The Morgan fingerprint density at radius 3 is 2.21 bits per heavy atom. The molecule has 2 heterocycles. The third kappa shape index (κ3) is 9.13. The van der Waals surface area contributed by atoms with Crippen molar-refractivity contribution in [2.24, 2.45) is 10.9 Å². The van der Waals surface area contributed by atoms with Crippen LogP contribution < -0.4 is 10.6 Å². The van der Waals surface area contributed by atoms with E-state index in [1.54, 1.807) is 0 Å². The van der Waals surface area contributed by atoms with E-state index in [0.29, 0.717) is 24.0 Å². The second-order valence-corrected chi connectivity index (χ2v) is 8.70. The number of guanidine groups is 1. The van der Waals surface area contributed by atoms with Crippen molar-refractivity contribution in [1.29, 1.82) is 0 Å². The molecule has 1 unspecified atom stereocenters. The van der Waals surface area contributed by atoms with E-state index in [1.807, 2.05) is 0 Å². The zero-order valence-electron chi connectivity index (χ0n) is 18.7. The normalized spacial score (nSPS) is 21.6. The van der Waals surface area contributed by atoms with Gasteiger partial charge in [0.25, 0.3) is 0 Å². The summed E-state index contributed by atoms with van der Waals surface area (Å²) in [5.41, 5.74) is 0. The van der Waals surface area contributed by atoms with E-state index in [-0.39, 0.29) is 24.0 Å². The van der Waals surface area contributed by atoms with Gasteiger partial charge in [0.05, 0.1) is 19.8 Å². The molecule has 7 heteroatoms. The van der Waals surface area contributed by atoms with E-state index < -0.39 is 0 Å². The van der Waals surface area contributed by atoms with Gasteiger partial charge in [-0.25, -0.2) is 0 Å². The van der Waals surface area contributed by atoms with Crippen LogP contribution in [0.5, 0.6) is 0 Å². The van der Waals surface area contributed by atoms with Gasteiger partial charge in [0.2, 0.25) is 0 Å². The Bertz CT molecular complexity index is 433. The van der Waals surface area contributed by atoms with E-state index in [4.69, 9.17) is 9.73 Å². The molecule has 2 rings (SSSR count). The maximum Gasteiger partial charge on any atom is 0.191 e. The summed E-state index contributed by atoms with van der Waals surface area (Å²) in [5, 5.41) is 7.15. The lowest BCUT2D eigenvalue weighted by atomic mass is 10.0. The van der Waals surface area contributed by atoms with Crippen LogP contribution in [0, 0.1) is 5.92 Å². The van der Waals surface area contributed by atoms with Crippen LogP contribution in [0.1, 0.15) is 53.9 Å². The van der Waals surface area contributed by atoms with Crippen LogP contribution in [-0.4, -0.2) is 86.4 Å². The van der Waals surface area contributed by atoms with Crippen molar-refractivity contribution in [3.8, 4) is 0 Å². The number of nitrogens with one attached hydrogen (secondary N) is 2. The van der Waals surface area contributed by atoms with Gasteiger partial charge in [-0.05, 0) is 46.0 Å². The molecule has 2 aliphatic heterocycles. The Hall–Kier alpha value is -0.120. The minimum atomic E-state index is 0. The smallest absolute Gasteiger partial charge is 0.191 e. The first-order valence-electron chi connectivity index (χ1n) is 11.1. The molecule has 0 aromatic rings. The number of aliphatic imine (C=N–C) groups is 1. The first kappa shape index (κ1) is 25.9. The molecule has 2 saturated heterocycles. The van der Waals surface area contributed by atoms with Crippen molar-refractivity contribution in [1.82, 2.24) is 20.4 Å². The van der Waals surface area contributed by atoms with Gasteiger partial charge in [0, 0.05) is 50.8 Å². The standard InChI is InChI=1S/C21H43N5O.HI/c1-6-22-21(24-19-7-9-25(10-8-19)18(4)5)23-16-20(15-17(2)3)26-11-13-27-14-12-26;/h17-20H,6-16H2,1-5H3,(H2,22,23,24);1H. The van der Waals surface area contributed by atoms with Crippen molar-refractivity contribution in [3.63, 3.8) is 0 Å². The zero-order chi connectivity index (χ0) is 19.6. The molecule has 2 aliphatic rings. The molecule has 0 aliphatic carbocycles. The average Bonchev–Trinajstić information content (AvgIpc) is 2.66. The van der Waals surface area contributed by atoms with E-state index >= 15 is 0 Å². The van der Waals surface area contributed by atoms with Crippen molar-refractivity contribution in [2.75, 3.05) is 52.5 Å². The van der Waals surface area contributed by atoms with Crippen molar-refractivity contribution < 1.29 is 4.74 Å². The van der Waals surface area contributed by atoms with E-state index in [0.717, 1.165) is 45.4 Å². The maximum absolute atomic E-state index is 5.54. The highest BCUT2D eigenvalue weighted by Gasteiger charge is 2.23. The molecule has 2 fully saturated rings. The van der Waals surface area contributed by atoms with Gasteiger partial charge in [-0.15, -0.1) is 24.0 Å². The third-order valence-corrected chi connectivity index (χ3v) is 5.71. The SMILES string of the molecule is CCNC(=NCC(CC(C)C)N1CCOCC1)NC1CCN(C(C)C)CC1.I. The predicted octanol–water partition coefficient (Wildman–Crippen LogP) is 2.78. The van der Waals surface area contributed by atoms with Crippen LogP contribution in [0.3, 0.4) is 0 Å². The Morgan fingerprint density at radius 2 is 1.68 bits per heavy atom. The number of hydrogen-bond donors (Lipinski definition) is 2.